The number of hydrogen-bond acceptors (Lipinski definition) is 7. The fourth-order valence-corrected chi connectivity index (χ4v) is 6.36. The summed E-state index contributed by atoms with van der Waals surface area (Å²) in [6.45, 7) is 19.2. The Morgan fingerprint density at radius 1 is 0.556 bits per heavy atom. The van der Waals surface area contributed by atoms with Gasteiger partial charge in [0.25, 0.3) is 0 Å². The van der Waals surface area contributed by atoms with Crippen molar-refractivity contribution < 1.29 is 33.2 Å². The highest BCUT2D eigenvalue weighted by Gasteiger charge is 2.55. The second-order valence-corrected chi connectivity index (χ2v) is 13.9. The average Bonchev–Trinajstić information content (AvgIpc) is 3.00. The normalized spacial score (nSPS) is 21.6. The van der Waals surface area contributed by atoms with Gasteiger partial charge in [0, 0.05) is 12.0 Å². The van der Waals surface area contributed by atoms with Crippen LogP contribution >= 0.6 is 0 Å². The molecule has 45 heavy (non-hydrogen) atoms. The van der Waals surface area contributed by atoms with Crippen LogP contribution in [0.15, 0.2) is 12.2 Å². The molecule has 0 bridgehead atoms. The van der Waals surface area contributed by atoms with Gasteiger partial charge in [-0.1, -0.05) is 104 Å². The van der Waals surface area contributed by atoms with Crippen molar-refractivity contribution in [1.29, 1.82) is 0 Å². The van der Waals surface area contributed by atoms with Gasteiger partial charge in [-0.2, -0.15) is 0 Å². The summed E-state index contributed by atoms with van der Waals surface area (Å²) < 4.78 is 34.6. The molecule has 0 spiro atoms. The highest BCUT2D eigenvalue weighted by Crippen LogP contribution is 2.57. The molecule has 0 N–H and O–H groups in total. The Bertz CT molecular complexity index is 740. The summed E-state index contributed by atoms with van der Waals surface area (Å²) in [7, 11) is 0. The lowest BCUT2D eigenvalue weighted by atomic mass is 9.52. The third-order valence-electron chi connectivity index (χ3n) is 9.89. The lowest BCUT2D eigenvalue weighted by Crippen LogP contribution is -2.56. The zero-order valence-corrected chi connectivity index (χ0v) is 30.4. The van der Waals surface area contributed by atoms with Gasteiger partial charge in [0.05, 0.1) is 71.7 Å². The van der Waals surface area contributed by atoms with Crippen LogP contribution in [0.1, 0.15) is 138 Å². The Labute approximate surface area is 277 Å². The van der Waals surface area contributed by atoms with Gasteiger partial charge in [0.2, 0.25) is 0 Å². The summed E-state index contributed by atoms with van der Waals surface area (Å²) in [6.07, 6.45) is 23.3. The van der Waals surface area contributed by atoms with Crippen LogP contribution in [-0.4, -0.2) is 84.1 Å². The Hall–Kier alpha value is -0.830. The molecule has 266 valence electrons. The first kappa shape index (κ1) is 42.2. The minimum Gasteiger partial charge on any atom is -0.379 e. The van der Waals surface area contributed by atoms with Crippen LogP contribution in [0.3, 0.4) is 0 Å². The second-order valence-electron chi connectivity index (χ2n) is 13.9. The molecule has 0 radical (unpaired) electrons. The lowest BCUT2D eigenvalue weighted by molar-refractivity contribution is -0.174. The SMILES string of the molecule is CCCCCCCCCCCCCCOCCOCCOCCOCCOCCOC1(C)CCCC(C)(C)C1(C)C=CC(C)=O. The largest absolute Gasteiger partial charge is 0.379 e. The van der Waals surface area contributed by atoms with E-state index in [0.29, 0.717) is 66.1 Å². The summed E-state index contributed by atoms with van der Waals surface area (Å²) >= 11 is 0. The number of carbonyl (C=O) groups excluding carboxylic acids is 1. The van der Waals surface area contributed by atoms with E-state index in [4.69, 9.17) is 28.4 Å². The fourth-order valence-electron chi connectivity index (χ4n) is 6.36. The van der Waals surface area contributed by atoms with Crippen molar-refractivity contribution in [3.8, 4) is 0 Å². The van der Waals surface area contributed by atoms with E-state index in [-0.39, 0.29) is 22.2 Å². The van der Waals surface area contributed by atoms with E-state index in [0.717, 1.165) is 32.3 Å². The number of hydrogen-bond donors (Lipinski definition) is 0. The van der Waals surface area contributed by atoms with Gasteiger partial charge in [-0.05, 0) is 51.0 Å². The molecule has 0 aliphatic heterocycles. The predicted octanol–water partition coefficient (Wildman–Crippen LogP) is 8.91. The van der Waals surface area contributed by atoms with Crippen LogP contribution in [0.25, 0.3) is 0 Å². The smallest absolute Gasteiger partial charge is 0.152 e. The maximum atomic E-state index is 11.7. The summed E-state index contributed by atoms with van der Waals surface area (Å²) in [5, 5.41) is 0. The van der Waals surface area contributed by atoms with E-state index < -0.39 is 0 Å². The van der Waals surface area contributed by atoms with Gasteiger partial charge in [0.1, 0.15) is 0 Å². The topological polar surface area (TPSA) is 72.5 Å². The standard InChI is InChI=1S/C38H72O7/c1-7-8-9-10-11-12-13-14-15-16-17-18-24-40-25-26-41-27-28-42-29-30-43-31-32-44-33-34-45-38(6)22-19-21-36(3,4)37(38,5)23-20-35(2)39/h20,23H,7-19,21-22,24-34H2,1-6H3. The lowest BCUT2D eigenvalue weighted by Gasteiger charge is -2.57. The molecule has 1 rings (SSSR count). The molecule has 0 aromatic rings. The molecule has 0 saturated heterocycles. The highest BCUT2D eigenvalue weighted by atomic mass is 16.6. The van der Waals surface area contributed by atoms with Crippen LogP contribution in [0.5, 0.6) is 0 Å². The van der Waals surface area contributed by atoms with E-state index in [1.807, 2.05) is 0 Å². The molecule has 1 fully saturated rings. The van der Waals surface area contributed by atoms with Gasteiger partial charge >= 0.3 is 0 Å². The molecule has 0 heterocycles. The van der Waals surface area contributed by atoms with Crippen LogP contribution in [0.2, 0.25) is 0 Å². The van der Waals surface area contributed by atoms with E-state index in [2.05, 4.69) is 40.7 Å². The molecular weight excluding hydrogens is 568 g/mol. The molecule has 2 atom stereocenters. The molecule has 1 aliphatic carbocycles. The van der Waals surface area contributed by atoms with Crippen LogP contribution in [0, 0.1) is 10.8 Å². The van der Waals surface area contributed by atoms with Crippen molar-refractivity contribution in [3.05, 3.63) is 12.2 Å². The monoisotopic (exact) mass is 641 g/mol. The first-order valence-corrected chi connectivity index (χ1v) is 18.4. The van der Waals surface area contributed by atoms with E-state index in [1.54, 1.807) is 13.0 Å². The first-order chi connectivity index (χ1) is 21.7. The number of ether oxygens (including phenoxy) is 6. The maximum Gasteiger partial charge on any atom is 0.152 e. The predicted molar refractivity (Wildman–Crippen MR) is 185 cm³/mol. The molecule has 1 aliphatic rings. The van der Waals surface area contributed by atoms with Crippen molar-refractivity contribution in [2.24, 2.45) is 10.8 Å². The summed E-state index contributed by atoms with van der Waals surface area (Å²) in [5.74, 6) is 0.0719. The van der Waals surface area contributed by atoms with Crippen molar-refractivity contribution in [3.63, 3.8) is 0 Å². The Balaban J connectivity index is 1.87. The van der Waals surface area contributed by atoms with E-state index >= 15 is 0 Å². The molecular formula is C38H72O7. The third-order valence-corrected chi connectivity index (χ3v) is 9.89. The van der Waals surface area contributed by atoms with Crippen LogP contribution in [-0.2, 0) is 33.2 Å². The zero-order chi connectivity index (χ0) is 33.1. The number of rotatable bonds is 31. The molecule has 0 aromatic carbocycles. The van der Waals surface area contributed by atoms with E-state index in [1.165, 1.54) is 70.6 Å². The number of allylic oxidation sites excluding steroid dienone is 1. The first-order valence-electron chi connectivity index (χ1n) is 18.4. The van der Waals surface area contributed by atoms with E-state index in [9.17, 15) is 4.79 Å². The van der Waals surface area contributed by atoms with Crippen molar-refractivity contribution in [2.75, 3.05) is 72.7 Å². The van der Waals surface area contributed by atoms with Gasteiger partial charge < -0.3 is 28.4 Å². The minimum absolute atomic E-state index is 0.0365. The summed E-state index contributed by atoms with van der Waals surface area (Å²) in [5.41, 5.74) is -0.549. The van der Waals surface area contributed by atoms with Crippen LogP contribution < -0.4 is 0 Å². The Morgan fingerprint density at radius 2 is 0.956 bits per heavy atom. The second kappa shape index (κ2) is 26.2. The molecule has 7 heteroatoms. The molecule has 1 saturated carbocycles. The summed E-state index contributed by atoms with van der Waals surface area (Å²) in [4.78, 5) is 11.7. The van der Waals surface area contributed by atoms with Gasteiger partial charge in [-0.25, -0.2) is 0 Å². The zero-order valence-electron chi connectivity index (χ0n) is 30.4. The minimum atomic E-state index is -0.347. The van der Waals surface area contributed by atoms with Crippen molar-refractivity contribution >= 4 is 5.78 Å². The highest BCUT2D eigenvalue weighted by molar-refractivity contribution is 5.87. The molecule has 7 nitrogen and oxygen atoms in total. The van der Waals surface area contributed by atoms with Crippen molar-refractivity contribution in [2.45, 2.75) is 143 Å². The average molecular weight is 641 g/mol. The molecule has 0 aromatic heterocycles. The Kier molecular flexibility index (Phi) is 24.5. The maximum absolute atomic E-state index is 11.7. The number of ketones is 1. The third kappa shape index (κ3) is 18.9. The number of unbranched alkanes of at least 4 members (excludes halogenated alkanes) is 11. The van der Waals surface area contributed by atoms with Gasteiger partial charge in [-0.15, -0.1) is 0 Å². The summed E-state index contributed by atoms with van der Waals surface area (Å²) in [6, 6.07) is 0. The van der Waals surface area contributed by atoms with Gasteiger partial charge in [0.15, 0.2) is 5.78 Å². The number of carbonyl (C=O) groups is 1. The van der Waals surface area contributed by atoms with Crippen molar-refractivity contribution in [1.82, 2.24) is 0 Å². The van der Waals surface area contributed by atoms with Gasteiger partial charge in [-0.3, -0.25) is 4.79 Å². The Morgan fingerprint density at radius 3 is 1.40 bits per heavy atom. The fraction of sp³-hybridized carbons (Fsp3) is 0.921. The molecule has 2 unspecified atom stereocenters. The quantitative estimate of drug-likeness (QED) is 0.0553. The van der Waals surface area contributed by atoms with Crippen LogP contribution in [0.4, 0.5) is 0 Å². The molecule has 0 amide bonds.